The first-order valence-corrected chi connectivity index (χ1v) is 30.3. The molecule has 4 unspecified atom stereocenters. The van der Waals surface area contributed by atoms with Gasteiger partial charge in [0.1, 0.15) is 53.4 Å². The van der Waals surface area contributed by atoms with Gasteiger partial charge in [-0.15, -0.1) is 0 Å². The molecule has 16 atom stereocenters. The molecule has 7 heterocycles. The highest BCUT2D eigenvalue weighted by Crippen LogP contribution is 2.54. The highest BCUT2D eigenvalue weighted by molar-refractivity contribution is 5.27. The largest absolute Gasteiger partial charge is 0.373 e. The van der Waals surface area contributed by atoms with Crippen LogP contribution in [0, 0.1) is 5.92 Å². The number of nitrogens with zero attached hydrogens (tertiary/aromatic N) is 2. The SMILES string of the molecule is C=C1C[C@]2(COC(C)(C)C)O[C@@H](C)[C@@H]1C2OC(C)(C)C.CON1C[C@]2(COC(C)(C)C)O[C@@H](C)[C@@H]1C2OC(C)(C)C.C[C@@H]1O[C@@]2(COC(C)(C)C)CON(C)[C@H]1C2OC(C)(C)C.C[C@@H]1O[C@@]2(COC(C)(C)C)CO[C@H]1C2OC(C)(C)C. The summed E-state index contributed by atoms with van der Waals surface area (Å²) in [6.45, 7) is 65.9. The van der Waals surface area contributed by atoms with E-state index in [0.717, 1.165) is 6.42 Å². The molecule has 0 aromatic carbocycles. The lowest BCUT2D eigenvalue weighted by molar-refractivity contribution is -0.285. The Kier molecular flexibility index (Phi) is 21.8. The van der Waals surface area contributed by atoms with Crippen LogP contribution in [0.15, 0.2) is 12.2 Å². The van der Waals surface area contributed by atoms with Gasteiger partial charge in [0.05, 0.1) is 134 Å². The van der Waals surface area contributed by atoms with Crippen LogP contribution in [0.1, 0.15) is 200 Å². The molecule has 8 rings (SSSR count). The van der Waals surface area contributed by atoms with E-state index in [1.807, 2.05) is 24.1 Å². The first kappa shape index (κ1) is 70.8. The van der Waals surface area contributed by atoms with Gasteiger partial charge in [-0.2, -0.15) is 10.1 Å². The smallest absolute Gasteiger partial charge is 0.145 e. The summed E-state index contributed by atoms with van der Waals surface area (Å²) in [6.07, 6.45) is 1.09. The highest BCUT2D eigenvalue weighted by atomic mass is 16.7. The molecular weight excluding hydrogens is 1040 g/mol. The number of rotatable bonds is 13. The Bertz CT molecular complexity index is 2020. The van der Waals surface area contributed by atoms with Crippen LogP contribution in [0.4, 0.5) is 0 Å². The van der Waals surface area contributed by atoms with Gasteiger partial charge < -0.3 is 66.4 Å². The molecule has 0 aromatic rings. The summed E-state index contributed by atoms with van der Waals surface area (Å²) in [5, 5.41) is 3.86. The van der Waals surface area contributed by atoms with Crippen molar-refractivity contribution in [1.29, 1.82) is 0 Å². The summed E-state index contributed by atoms with van der Waals surface area (Å²) in [5.41, 5.74) is -2.19. The Morgan fingerprint density at radius 3 is 1.22 bits per heavy atom. The quantitative estimate of drug-likeness (QED) is 0.161. The number of ether oxygens (including phenoxy) is 13. The molecule has 1 aliphatic carbocycles. The van der Waals surface area contributed by atoms with Crippen LogP contribution in [0.3, 0.4) is 0 Å². The number of likely N-dealkylation sites (N-methyl/N-ethyl adjacent to an activating group) is 1. The lowest BCUT2D eigenvalue weighted by atomic mass is 9.91. The summed E-state index contributed by atoms with van der Waals surface area (Å²) in [7, 11) is 3.66. The minimum atomic E-state index is -0.531. The van der Waals surface area contributed by atoms with Gasteiger partial charge in [-0.25, -0.2) is 0 Å². The third-order valence-corrected chi connectivity index (χ3v) is 15.3. The van der Waals surface area contributed by atoms with Crippen LogP contribution in [-0.2, 0) is 71.3 Å². The van der Waals surface area contributed by atoms with Crippen molar-refractivity contribution in [2.75, 3.05) is 60.3 Å². The van der Waals surface area contributed by atoms with Crippen molar-refractivity contribution in [2.45, 2.75) is 335 Å². The van der Waals surface area contributed by atoms with Crippen LogP contribution in [0.25, 0.3) is 0 Å². The van der Waals surface area contributed by atoms with Crippen molar-refractivity contribution in [1.82, 2.24) is 10.1 Å². The van der Waals surface area contributed by atoms with Crippen LogP contribution >= 0.6 is 0 Å². The number of hydroxylamine groups is 4. The lowest BCUT2D eigenvalue weighted by Gasteiger charge is -2.45. The molecule has 0 aromatic heterocycles. The topological polar surface area (TPSA) is 145 Å². The molecule has 17 heteroatoms. The van der Waals surface area contributed by atoms with Gasteiger partial charge in [-0.3, -0.25) is 4.84 Å². The minimum absolute atomic E-state index is 0.0165. The first-order valence-electron chi connectivity index (χ1n) is 30.3. The summed E-state index contributed by atoms with van der Waals surface area (Å²) in [5.74, 6) is 0.290. The molecule has 0 amide bonds. The molecule has 1 saturated carbocycles. The molecular formula is C64H120N2O15. The number of fused-ring (bicyclic) bond motifs is 8. The Hall–Kier alpha value is -0.940. The van der Waals surface area contributed by atoms with Gasteiger partial charge in [0, 0.05) is 19.4 Å². The maximum Gasteiger partial charge on any atom is 0.145 e. The van der Waals surface area contributed by atoms with Crippen molar-refractivity contribution in [3.05, 3.63) is 12.2 Å². The third-order valence-electron chi connectivity index (χ3n) is 15.3. The van der Waals surface area contributed by atoms with Gasteiger partial charge >= 0.3 is 0 Å². The molecule has 7 aliphatic heterocycles. The molecule has 17 nitrogen and oxygen atoms in total. The second-order valence-corrected chi connectivity index (χ2v) is 32.5. The second kappa shape index (κ2) is 24.9. The standard InChI is InChI=1S/C17H30O3.2C16H31NO4.C15H28O4/c1-11-9-17(10-18-15(3,4)5)14(20-16(6,7)8)13(11)12(2)19-17;1-11-12-13(21-15(5,6)7)16(20-11,9-17(12)18-8)10-19-14(2,3)4;1-11-12-13(21-15(5,6)7)16(20-11,10-19-17(12)8)9-18-14(2,3)4;1-10-11-12(19-14(5,6)7)15(18-10,8-16-11)9-17-13(2,3)4/h12-14H,1,9-10H2,2-8H3;2*11-13H,9-10H2,1-8H3;10-12H,8-9H2,1-7H3/t12-,13+,14?,17+;11-,12+,13?,16+;11-,12+,13?,16-;10-,11+,12?,15+/m0000/s1. The fourth-order valence-corrected chi connectivity index (χ4v) is 12.2. The average Bonchev–Trinajstić information content (AvgIpc) is 4.26. The zero-order valence-electron chi connectivity index (χ0n) is 56.8. The lowest BCUT2D eigenvalue weighted by Crippen LogP contribution is -2.62. The maximum atomic E-state index is 6.35. The fraction of sp³-hybridized carbons (Fsp3) is 0.969. The zero-order chi connectivity index (χ0) is 61.9. The van der Waals surface area contributed by atoms with E-state index in [0.29, 0.717) is 46.2 Å². The molecule has 81 heavy (non-hydrogen) atoms. The predicted molar refractivity (Wildman–Crippen MR) is 316 cm³/mol. The van der Waals surface area contributed by atoms with Gasteiger partial charge in [-0.05, 0) is 194 Å². The Labute approximate surface area is 492 Å². The molecule has 8 bridgehead atoms. The van der Waals surface area contributed by atoms with Gasteiger partial charge in [0.2, 0.25) is 0 Å². The number of hydrogen-bond donors (Lipinski definition) is 0. The Balaban J connectivity index is 0.000000198. The molecule has 8 aliphatic rings. The summed E-state index contributed by atoms with van der Waals surface area (Å²) >= 11 is 0. The number of morpholine rings is 1. The molecule has 8 fully saturated rings. The molecule has 0 radical (unpaired) electrons. The van der Waals surface area contributed by atoms with E-state index in [9.17, 15) is 0 Å². The van der Waals surface area contributed by atoms with Gasteiger partial charge in [0.15, 0.2) is 0 Å². The molecule has 7 saturated heterocycles. The normalized spacial score (nSPS) is 38.0. The number of hydrogen-bond acceptors (Lipinski definition) is 17. The van der Waals surface area contributed by atoms with Crippen LogP contribution < -0.4 is 0 Å². The third kappa shape index (κ3) is 18.6. The van der Waals surface area contributed by atoms with E-state index in [2.05, 4.69) is 194 Å². The van der Waals surface area contributed by atoms with E-state index in [1.54, 1.807) is 7.11 Å². The van der Waals surface area contributed by atoms with Crippen molar-refractivity contribution in [3.8, 4) is 0 Å². The monoisotopic (exact) mass is 1160 g/mol. The van der Waals surface area contributed by atoms with Crippen molar-refractivity contribution in [2.24, 2.45) is 5.92 Å². The van der Waals surface area contributed by atoms with Crippen LogP contribution in [0.5, 0.6) is 0 Å². The molecule has 476 valence electrons. The predicted octanol–water partition coefficient (Wildman–Crippen LogP) is 11.0. The van der Waals surface area contributed by atoms with E-state index >= 15 is 0 Å². The van der Waals surface area contributed by atoms with Crippen molar-refractivity contribution >= 4 is 0 Å². The second-order valence-electron chi connectivity index (χ2n) is 32.5. The van der Waals surface area contributed by atoms with Crippen molar-refractivity contribution < 1.29 is 71.3 Å². The van der Waals surface area contributed by atoms with Crippen LogP contribution in [-0.4, -0.2) is 205 Å². The molecule has 0 spiro atoms. The summed E-state index contributed by atoms with van der Waals surface area (Å²) < 4.78 is 80.0. The fourth-order valence-electron chi connectivity index (χ4n) is 12.2. The maximum absolute atomic E-state index is 6.35. The minimum Gasteiger partial charge on any atom is -0.373 e. The van der Waals surface area contributed by atoms with E-state index < -0.39 is 16.8 Å². The van der Waals surface area contributed by atoms with Crippen molar-refractivity contribution in [3.63, 3.8) is 0 Å². The first-order chi connectivity index (χ1) is 36.4. The van der Waals surface area contributed by atoms with Gasteiger partial charge in [0.25, 0.3) is 0 Å². The molecule has 0 N–H and O–H groups in total. The Morgan fingerprint density at radius 1 is 0.444 bits per heavy atom. The van der Waals surface area contributed by atoms with Crippen LogP contribution in [0.2, 0.25) is 0 Å². The summed E-state index contributed by atoms with van der Waals surface area (Å²) in [4.78, 5) is 11.3. The van der Waals surface area contributed by atoms with E-state index in [-0.39, 0.29) is 123 Å². The van der Waals surface area contributed by atoms with E-state index in [1.165, 1.54) is 5.57 Å². The summed E-state index contributed by atoms with van der Waals surface area (Å²) in [6, 6.07) is 0.194. The highest BCUT2D eigenvalue weighted by Gasteiger charge is 2.67. The van der Waals surface area contributed by atoms with E-state index in [4.69, 9.17) is 71.3 Å². The average molecular weight is 1160 g/mol. The zero-order valence-corrected chi connectivity index (χ0v) is 56.8. The Morgan fingerprint density at radius 2 is 0.802 bits per heavy atom. The van der Waals surface area contributed by atoms with Gasteiger partial charge in [-0.1, -0.05) is 12.2 Å².